The Balaban J connectivity index is 1.54. The minimum absolute atomic E-state index is 0.152. The number of hydrogen-bond donors (Lipinski definition) is 2. The van der Waals surface area contributed by atoms with Crippen LogP contribution in [0.1, 0.15) is 37.7 Å². The number of rotatable bonds is 5. The zero-order valence-corrected chi connectivity index (χ0v) is 17.5. The van der Waals surface area contributed by atoms with E-state index in [4.69, 9.17) is 17.3 Å². The van der Waals surface area contributed by atoms with E-state index in [-0.39, 0.29) is 17.1 Å². The third-order valence-electron chi connectivity index (χ3n) is 5.15. The average molecular weight is 428 g/mol. The molecule has 0 atom stereocenters. The topological polar surface area (TPSA) is 93.8 Å². The van der Waals surface area contributed by atoms with Gasteiger partial charge in [0, 0.05) is 24.2 Å². The van der Waals surface area contributed by atoms with E-state index in [1.165, 1.54) is 17.8 Å². The molecular weight excluding hydrogens is 406 g/mol. The maximum atomic E-state index is 12.4. The Morgan fingerprint density at radius 3 is 2.83 bits per heavy atom. The number of anilines is 1. The number of benzene rings is 1. The summed E-state index contributed by atoms with van der Waals surface area (Å²) in [6.45, 7) is 0.497. The van der Waals surface area contributed by atoms with Gasteiger partial charge < -0.3 is 11.1 Å². The molecule has 150 valence electrons. The first-order valence-corrected chi connectivity index (χ1v) is 10.9. The molecule has 29 heavy (non-hydrogen) atoms. The molecule has 1 aliphatic carbocycles. The van der Waals surface area contributed by atoms with Gasteiger partial charge in [0.1, 0.15) is 0 Å². The van der Waals surface area contributed by atoms with Crippen molar-refractivity contribution in [1.29, 1.82) is 0 Å². The zero-order chi connectivity index (χ0) is 20.2. The van der Waals surface area contributed by atoms with E-state index < -0.39 is 0 Å². The van der Waals surface area contributed by atoms with Crippen LogP contribution < -0.4 is 11.1 Å². The predicted octanol–water partition coefficient (Wildman–Crippen LogP) is 4.70. The zero-order valence-electron chi connectivity index (χ0n) is 15.9. The van der Waals surface area contributed by atoms with E-state index in [2.05, 4.69) is 20.3 Å². The van der Waals surface area contributed by atoms with Crippen LogP contribution in [0.15, 0.2) is 36.5 Å². The molecule has 3 aromatic rings. The molecule has 6 nitrogen and oxygen atoms in total. The van der Waals surface area contributed by atoms with Crippen molar-refractivity contribution < 1.29 is 4.79 Å². The van der Waals surface area contributed by atoms with Crippen molar-refractivity contribution in [3.05, 3.63) is 47.4 Å². The van der Waals surface area contributed by atoms with Crippen LogP contribution in [-0.2, 0) is 11.3 Å². The molecular formula is C21H22ClN5OS. The third kappa shape index (κ3) is 4.74. The van der Waals surface area contributed by atoms with Crippen molar-refractivity contribution in [2.45, 2.75) is 38.6 Å². The number of amides is 1. The van der Waals surface area contributed by atoms with Crippen molar-refractivity contribution in [3.8, 4) is 21.8 Å². The normalized spacial score (nSPS) is 14.7. The fourth-order valence-corrected chi connectivity index (χ4v) is 4.67. The standard InChI is InChI=1S/C21H22ClN5OS/c22-20-24-10-9-16(26-20)18-17(27-21(23)29-18)15-8-4-5-13(11-15)12-25-19(28)14-6-2-1-3-7-14/h4-5,8-11,14H,1-3,6-7,12H2,(H2,23,27)(H,25,28). The lowest BCUT2D eigenvalue weighted by molar-refractivity contribution is -0.126. The fraction of sp³-hybridized carbons (Fsp3) is 0.333. The molecule has 0 radical (unpaired) electrons. The molecule has 8 heteroatoms. The number of thiazole rings is 1. The largest absolute Gasteiger partial charge is 0.375 e. The summed E-state index contributed by atoms with van der Waals surface area (Å²) in [6, 6.07) is 9.76. The summed E-state index contributed by atoms with van der Waals surface area (Å²) < 4.78 is 0. The third-order valence-corrected chi connectivity index (χ3v) is 6.23. The second-order valence-corrected chi connectivity index (χ2v) is 8.56. The van der Waals surface area contributed by atoms with Gasteiger partial charge in [-0.05, 0) is 42.1 Å². The highest BCUT2D eigenvalue weighted by Gasteiger charge is 2.21. The van der Waals surface area contributed by atoms with Gasteiger partial charge in [0.05, 0.1) is 16.3 Å². The number of nitrogen functional groups attached to an aromatic ring is 1. The highest BCUT2D eigenvalue weighted by Crippen LogP contribution is 2.37. The molecule has 1 amide bonds. The van der Waals surface area contributed by atoms with E-state index in [0.717, 1.165) is 47.4 Å². The van der Waals surface area contributed by atoms with Crippen molar-refractivity contribution in [2.24, 2.45) is 5.92 Å². The van der Waals surface area contributed by atoms with Crippen LogP contribution in [0.5, 0.6) is 0 Å². The molecule has 1 aromatic carbocycles. The number of aromatic nitrogens is 3. The molecule has 0 bridgehead atoms. The first-order chi connectivity index (χ1) is 14.1. The van der Waals surface area contributed by atoms with E-state index in [1.807, 2.05) is 24.3 Å². The molecule has 0 unspecified atom stereocenters. The Labute approximate surface area is 178 Å². The molecule has 0 spiro atoms. The number of hydrogen-bond acceptors (Lipinski definition) is 6. The summed E-state index contributed by atoms with van der Waals surface area (Å²) in [6.07, 6.45) is 7.14. The molecule has 0 aliphatic heterocycles. The summed E-state index contributed by atoms with van der Waals surface area (Å²) in [5.41, 5.74) is 9.36. The first kappa shape index (κ1) is 19.8. The van der Waals surface area contributed by atoms with Gasteiger partial charge in [-0.2, -0.15) is 0 Å². The number of carbonyl (C=O) groups excluding carboxylic acids is 1. The molecule has 4 rings (SSSR count). The quantitative estimate of drug-likeness (QED) is 0.575. The van der Waals surface area contributed by atoms with Gasteiger partial charge in [0.25, 0.3) is 0 Å². The summed E-state index contributed by atoms with van der Waals surface area (Å²) >= 11 is 7.31. The van der Waals surface area contributed by atoms with E-state index in [9.17, 15) is 4.79 Å². The maximum Gasteiger partial charge on any atom is 0.223 e. The van der Waals surface area contributed by atoms with Gasteiger partial charge >= 0.3 is 0 Å². The number of nitrogens with two attached hydrogens (primary N) is 1. The van der Waals surface area contributed by atoms with Crippen LogP contribution in [0, 0.1) is 5.92 Å². The Morgan fingerprint density at radius 2 is 2.03 bits per heavy atom. The van der Waals surface area contributed by atoms with E-state index in [0.29, 0.717) is 17.4 Å². The Bertz CT molecular complexity index is 1020. The number of carbonyl (C=O) groups is 1. The van der Waals surface area contributed by atoms with Gasteiger partial charge in [-0.1, -0.05) is 48.8 Å². The lowest BCUT2D eigenvalue weighted by atomic mass is 9.88. The lowest BCUT2D eigenvalue weighted by Gasteiger charge is -2.20. The van der Waals surface area contributed by atoms with E-state index in [1.54, 1.807) is 12.3 Å². The summed E-state index contributed by atoms with van der Waals surface area (Å²) in [5, 5.41) is 3.73. The van der Waals surface area contributed by atoms with Gasteiger partial charge in [-0.15, -0.1) is 0 Å². The minimum Gasteiger partial charge on any atom is -0.375 e. The van der Waals surface area contributed by atoms with Gasteiger partial charge in [-0.25, -0.2) is 15.0 Å². The van der Waals surface area contributed by atoms with Crippen molar-refractivity contribution in [2.75, 3.05) is 5.73 Å². The highest BCUT2D eigenvalue weighted by molar-refractivity contribution is 7.19. The van der Waals surface area contributed by atoms with E-state index >= 15 is 0 Å². The second kappa shape index (κ2) is 8.88. The Morgan fingerprint density at radius 1 is 1.21 bits per heavy atom. The van der Waals surface area contributed by atoms with Crippen molar-refractivity contribution in [1.82, 2.24) is 20.3 Å². The molecule has 2 aromatic heterocycles. The summed E-state index contributed by atoms with van der Waals surface area (Å²) in [7, 11) is 0. The van der Waals surface area contributed by atoms with Crippen LogP contribution in [-0.4, -0.2) is 20.9 Å². The van der Waals surface area contributed by atoms with Crippen molar-refractivity contribution in [3.63, 3.8) is 0 Å². The lowest BCUT2D eigenvalue weighted by Crippen LogP contribution is -2.31. The molecule has 1 aliphatic rings. The average Bonchev–Trinajstić information content (AvgIpc) is 3.15. The van der Waals surface area contributed by atoms with Crippen molar-refractivity contribution >= 4 is 34.0 Å². The first-order valence-electron chi connectivity index (χ1n) is 9.72. The minimum atomic E-state index is 0.152. The fourth-order valence-electron chi connectivity index (χ4n) is 3.69. The molecule has 1 saturated carbocycles. The SMILES string of the molecule is Nc1nc(-c2cccc(CNC(=O)C3CCCCC3)c2)c(-c2ccnc(Cl)n2)s1. The van der Waals surface area contributed by atoms with Gasteiger partial charge in [0.2, 0.25) is 11.2 Å². The Kier molecular flexibility index (Phi) is 6.06. The maximum absolute atomic E-state index is 12.4. The smallest absolute Gasteiger partial charge is 0.223 e. The van der Waals surface area contributed by atoms with Crippen LogP contribution in [0.4, 0.5) is 5.13 Å². The van der Waals surface area contributed by atoms with Crippen LogP contribution in [0.3, 0.4) is 0 Å². The van der Waals surface area contributed by atoms with Crippen LogP contribution in [0.2, 0.25) is 5.28 Å². The second-order valence-electron chi connectivity index (χ2n) is 7.19. The summed E-state index contributed by atoms with van der Waals surface area (Å²) in [4.78, 5) is 26.0. The van der Waals surface area contributed by atoms with Crippen LogP contribution in [0.25, 0.3) is 21.8 Å². The number of halogens is 1. The summed E-state index contributed by atoms with van der Waals surface area (Å²) in [5.74, 6) is 0.309. The molecule has 2 heterocycles. The Hall–Kier alpha value is -2.51. The molecule has 3 N–H and O–H groups in total. The molecule has 1 fully saturated rings. The predicted molar refractivity (Wildman–Crippen MR) is 116 cm³/mol. The molecule has 0 saturated heterocycles. The number of nitrogens with zero attached hydrogens (tertiary/aromatic N) is 3. The van der Waals surface area contributed by atoms with Crippen LogP contribution >= 0.6 is 22.9 Å². The highest BCUT2D eigenvalue weighted by atomic mass is 35.5. The van der Waals surface area contributed by atoms with Gasteiger partial charge in [-0.3, -0.25) is 4.79 Å². The van der Waals surface area contributed by atoms with Gasteiger partial charge in [0.15, 0.2) is 5.13 Å². The monoisotopic (exact) mass is 427 g/mol. The number of nitrogens with one attached hydrogen (secondary N) is 1.